The summed E-state index contributed by atoms with van der Waals surface area (Å²) >= 11 is 1.45. The Morgan fingerprint density at radius 1 is 1.42 bits per heavy atom. The van der Waals surface area contributed by atoms with Gasteiger partial charge in [-0.2, -0.15) is 5.26 Å². The summed E-state index contributed by atoms with van der Waals surface area (Å²) in [7, 11) is 0. The third-order valence-corrected chi connectivity index (χ3v) is 4.84. The molecular formula is C17H18N4O2S. The second-order valence-corrected chi connectivity index (χ2v) is 6.82. The van der Waals surface area contributed by atoms with Crippen LogP contribution < -0.4 is 5.32 Å². The zero-order valence-corrected chi connectivity index (χ0v) is 14.3. The van der Waals surface area contributed by atoms with Crippen molar-refractivity contribution in [3.8, 4) is 6.07 Å². The van der Waals surface area contributed by atoms with E-state index in [1.807, 2.05) is 6.07 Å². The molecule has 2 aromatic rings. The molecule has 1 aliphatic rings. The molecule has 2 heterocycles. The first-order chi connectivity index (χ1) is 11.7. The van der Waals surface area contributed by atoms with Crippen LogP contribution in [-0.4, -0.2) is 21.8 Å². The van der Waals surface area contributed by atoms with Crippen molar-refractivity contribution in [3.63, 3.8) is 0 Å². The number of thioether (sulfide) groups is 1. The average molecular weight is 342 g/mol. The summed E-state index contributed by atoms with van der Waals surface area (Å²) in [5.41, 5.74) is 2.90. The number of carbonyl (C=O) groups is 1. The number of aryl methyl sites for hydroxylation is 3. The summed E-state index contributed by atoms with van der Waals surface area (Å²) in [5, 5.41) is 16.5. The van der Waals surface area contributed by atoms with E-state index in [0.29, 0.717) is 29.3 Å². The molecule has 24 heavy (non-hydrogen) atoms. The summed E-state index contributed by atoms with van der Waals surface area (Å²) < 4.78 is 4.91. The highest BCUT2D eigenvalue weighted by atomic mass is 32.2. The number of fused-ring (bicyclic) bond motifs is 1. The molecule has 3 rings (SSSR count). The van der Waals surface area contributed by atoms with Crippen LogP contribution in [0, 0.1) is 18.3 Å². The Balaban J connectivity index is 1.58. The Morgan fingerprint density at radius 3 is 3.00 bits per heavy atom. The van der Waals surface area contributed by atoms with Crippen molar-refractivity contribution in [1.82, 2.24) is 10.1 Å². The van der Waals surface area contributed by atoms with Gasteiger partial charge in [0.1, 0.15) is 16.9 Å². The number of amides is 1. The van der Waals surface area contributed by atoms with Crippen molar-refractivity contribution >= 4 is 23.5 Å². The van der Waals surface area contributed by atoms with E-state index in [1.165, 1.54) is 17.3 Å². The van der Waals surface area contributed by atoms with Gasteiger partial charge < -0.3 is 9.84 Å². The van der Waals surface area contributed by atoms with Gasteiger partial charge in [0.15, 0.2) is 5.82 Å². The van der Waals surface area contributed by atoms with Gasteiger partial charge >= 0.3 is 0 Å². The minimum absolute atomic E-state index is 0.132. The molecule has 0 aromatic carbocycles. The lowest BCUT2D eigenvalue weighted by Crippen LogP contribution is -2.12. The molecule has 0 saturated carbocycles. The number of hydrogen-bond acceptors (Lipinski definition) is 6. The zero-order valence-electron chi connectivity index (χ0n) is 13.5. The summed E-state index contributed by atoms with van der Waals surface area (Å²) in [5.74, 6) is 1.50. The molecule has 0 atom stereocenters. The number of aromatic nitrogens is 2. The first-order valence-electron chi connectivity index (χ1n) is 7.94. The lowest BCUT2D eigenvalue weighted by Gasteiger charge is -2.16. The largest absolute Gasteiger partial charge is 0.360 e. The maximum absolute atomic E-state index is 11.9. The van der Waals surface area contributed by atoms with Gasteiger partial charge in [0, 0.05) is 23.9 Å². The smallest absolute Gasteiger partial charge is 0.226 e. The molecule has 2 aromatic heterocycles. The average Bonchev–Trinajstić information content (AvgIpc) is 2.99. The molecule has 6 nitrogen and oxygen atoms in total. The Morgan fingerprint density at radius 2 is 2.25 bits per heavy atom. The fourth-order valence-electron chi connectivity index (χ4n) is 2.68. The van der Waals surface area contributed by atoms with Crippen molar-refractivity contribution in [1.29, 1.82) is 5.26 Å². The summed E-state index contributed by atoms with van der Waals surface area (Å²) in [6.45, 7) is 1.77. The van der Waals surface area contributed by atoms with E-state index in [-0.39, 0.29) is 5.91 Å². The van der Waals surface area contributed by atoms with Crippen LogP contribution in [0.1, 0.15) is 41.8 Å². The van der Waals surface area contributed by atoms with E-state index in [0.717, 1.165) is 36.4 Å². The normalized spacial score (nSPS) is 13.2. The molecular weight excluding hydrogens is 324 g/mol. The SMILES string of the molecule is Cc1cc(NC(=O)CCSc2nc3c(cc2C#N)CCCC3)no1. The molecule has 1 N–H and O–H groups in total. The number of pyridine rings is 1. The lowest BCUT2D eigenvalue weighted by molar-refractivity contribution is -0.115. The van der Waals surface area contributed by atoms with E-state index < -0.39 is 0 Å². The highest BCUT2D eigenvalue weighted by molar-refractivity contribution is 7.99. The molecule has 0 bridgehead atoms. The molecule has 0 fully saturated rings. The molecule has 1 amide bonds. The number of carbonyl (C=O) groups excluding carboxylic acids is 1. The van der Waals surface area contributed by atoms with Crippen molar-refractivity contribution in [3.05, 3.63) is 34.7 Å². The first-order valence-corrected chi connectivity index (χ1v) is 8.93. The van der Waals surface area contributed by atoms with Crippen LogP contribution in [0.3, 0.4) is 0 Å². The summed E-state index contributed by atoms with van der Waals surface area (Å²) in [6, 6.07) is 5.85. The summed E-state index contributed by atoms with van der Waals surface area (Å²) in [6.07, 6.45) is 4.60. The van der Waals surface area contributed by atoms with Crippen LogP contribution in [0.15, 0.2) is 21.7 Å². The van der Waals surface area contributed by atoms with Crippen LogP contribution >= 0.6 is 11.8 Å². The van der Waals surface area contributed by atoms with Gasteiger partial charge in [-0.1, -0.05) is 5.16 Å². The molecule has 0 spiro atoms. The second kappa shape index (κ2) is 7.49. The van der Waals surface area contributed by atoms with Crippen LogP contribution in [-0.2, 0) is 17.6 Å². The maximum Gasteiger partial charge on any atom is 0.226 e. The predicted molar refractivity (Wildman–Crippen MR) is 90.8 cm³/mol. The van der Waals surface area contributed by atoms with Crippen molar-refractivity contribution in [2.24, 2.45) is 0 Å². The van der Waals surface area contributed by atoms with Gasteiger partial charge in [0.2, 0.25) is 5.91 Å². The number of rotatable bonds is 5. The Hall–Kier alpha value is -2.33. The molecule has 7 heteroatoms. The second-order valence-electron chi connectivity index (χ2n) is 5.74. The minimum Gasteiger partial charge on any atom is -0.360 e. The van der Waals surface area contributed by atoms with Crippen molar-refractivity contribution in [2.45, 2.75) is 44.1 Å². The van der Waals surface area contributed by atoms with Crippen LogP contribution in [0.5, 0.6) is 0 Å². The maximum atomic E-state index is 11.9. The Kier molecular flexibility index (Phi) is 5.16. The monoisotopic (exact) mass is 342 g/mol. The molecule has 0 unspecified atom stereocenters. The number of nitriles is 1. The van der Waals surface area contributed by atoms with Crippen LogP contribution in [0.25, 0.3) is 0 Å². The quantitative estimate of drug-likeness (QED) is 0.839. The first kappa shape index (κ1) is 16.5. The van der Waals surface area contributed by atoms with Gasteiger partial charge in [-0.3, -0.25) is 4.79 Å². The fourth-order valence-corrected chi connectivity index (χ4v) is 3.59. The van der Waals surface area contributed by atoms with E-state index in [4.69, 9.17) is 4.52 Å². The van der Waals surface area contributed by atoms with Gasteiger partial charge in [-0.05, 0) is 44.2 Å². The number of nitrogens with one attached hydrogen (secondary N) is 1. The lowest BCUT2D eigenvalue weighted by atomic mass is 9.95. The number of hydrogen-bond donors (Lipinski definition) is 1. The molecule has 0 saturated heterocycles. The zero-order chi connectivity index (χ0) is 16.9. The highest BCUT2D eigenvalue weighted by Gasteiger charge is 2.16. The summed E-state index contributed by atoms with van der Waals surface area (Å²) in [4.78, 5) is 16.6. The van der Waals surface area contributed by atoms with E-state index in [9.17, 15) is 10.1 Å². The molecule has 0 radical (unpaired) electrons. The molecule has 1 aliphatic carbocycles. The van der Waals surface area contributed by atoms with Gasteiger partial charge in [0.05, 0.1) is 5.56 Å². The van der Waals surface area contributed by atoms with E-state index >= 15 is 0 Å². The molecule has 124 valence electrons. The van der Waals surface area contributed by atoms with Crippen LogP contribution in [0.4, 0.5) is 5.82 Å². The topological polar surface area (TPSA) is 91.8 Å². The predicted octanol–water partition coefficient (Wildman–Crippen LogP) is 3.25. The van der Waals surface area contributed by atoms with Gasteiger partial charge in [-0.15, -0.1) is 11.8 Å². The van der Waals surface area contributed by atoms with Crippen molar-refractivity contribution < 1.29 is 9.32 Å². The minimum atomic E-state index is -0.132. The van der Waals surface area contributed by atoms with E-state index in [2.05, 4.69) is 21.5 Å². The van der Waals surface area contributed by atoms with E-state index in [1.54, 1.807) is 13.0 Å². The third-order valence-electron chi connectivity index (χ3n) is 3.85. The Bertz CT molecular complexity index is 794. The highest BCUT2D eigenvalue weighted by Crippen LogP contribution is 2.27. The fraction of sp³-hybridized carbons (Fsp3) is 0.412. The van der Waals surface area contributed by atoms with Gasteiger partial charge in [-0.25, -0.2) is 4.98 Å². The van der Waals surface area contributed by atoms with Crippen LogP contribution in [0.2, 0.25) is 0 Å². The standard InChI is InChI=1S/C17H18N4O2S/c1-11-8-15(21-23-11)20-16(22)6-7-24-17-13(10-18)9-12-4-2-3-5-14(12)19-17/h8-9H,2-7H2,1H3,(H,20,21,22). The van der Waals surface area contributed by atoms with Crippen molar-refractivity contribution in [2.75, 3.05) is 11.1 Å². The Labute approximate surface area is 144 Å². The number of nitrogens with zero attached hydrogens (tertiary/aromatic N) is 3. The molecule has 0 aliphatic heterocycles. The number of anilines is 1. The van der Waals surface area contributed by atoms with Gasteiger partial charge in [0.25, 0.3) is 0 Å². The third kappa shape index (κ3) is 3.95.